The molecule has 0 spiro atoms. The second-order valence-corrected chi connectivity index (χ2v) is 19.9. The standard InChI is InChI=1S/C63H112O6/c1-4-7-10-13-16-19-22-25-27-29-30-31-32-33-34-35-37-38-41-44-47-50-53-56-62(65)68-59-60(58-67-61(64)55-52-49-46-43-40-24-21-18-15-12-9-6-3)69-63(66)57-54-51-48-45-42-39-36-28-26-23-20-17-14-11-8-5-2/h18,21-22,25,28-30,32-33,36,60H,4-17,19-20,23-24,26-27,31,34-35,37-59H2,1-3H3/b21-18-,25-22-,30-29-,33-32-,36-28-. The first-order chi connectivity index (χ1) is 34.0. The Kier molecular flexibility index (Phi) is 55.3. The normalized spacial score (nSPS) is 12.4. The number of carbonyl (C=O) groups excluding carboxylic acids is 3. The molecule has 6 nitrogen and oxygen atoms in total. The maximum absolute atomic E-state index is 12.8. The molecule has 0 radical (unpaired) electrons. The molecule has 0 rings (SSSR count). The van der Waals surface area contributed by atoms with Crippen molar-refractivity contribution in [2.24, 2.45) is 0 Å². The Morgan fingerprint density at radius 1 is 0.290 bits per heavy atom. The highest BCUT2D eigenvalue weighted by molar-refractivity contribution is 5.71. The molecule has 0 N–H and O–H groups in total. The van der Waals surface area contributed by atoms with Crippen LogP contribution in [0, 0.1) is 0 Å². The second kappa shape index (κ2) is 57.7. The first kappa shape index (κ1) is 66.1. The zero-order valence-electron chi connectivity index (χ0n) is 45.8. The van der Waals surface area contributed by atoms with Crippen LogP contribution >= 0.6 is 0 Å². The summed E-state index contributed by atoms with van der Waals surface area (Å²) in [5, 5.41) is 0. The first-order valence-corrected chi connectivity index (χ1v) is 29.8. The number of esters is 3. The lowest BCUT2D eigenvalue weighted by molar-refractivity contribution is -0.167. The lowest BCUT2D eigenvalue weighted by Crippen LogP contribution is -2.30. The Hall–Kier alpha value is -2.89. The number of unbranched alkanes of at least 4 members (excludes halogenated alkanes) is 33. The topological polar surface area (TPSA) is 78.9 Å². The molecule has 0 amide bonds. The molecule has 6 heteroatoms. The van der Waals surface area contributed by atoms with E-state index in [0.717, 1.165) is 96.3 Å². The second-order valence-electron chi connectivity index (χ2n) is 19.9. The van der Waals surface area contributed by atoms with Crippen molar-refractivity contribution in [3.8, 4) is 0 Å². The fourth-order valence-corrected chi connectivity index (χ4v) is 8.44. The Morgan fingerprint density at radius 2 is 0.522 bits per heavy atom. The summed E-state index contributed by atoms with van der Waals surface area (Å²) in [7, 11) is 0. The van der Waals surface area contributed by atoms with Gasteiger partial charge in [0.25, 0.3) is 0 Å². The molecule has 400 valence electrons. The van der Waals surface area contributed by atoms with Gasteiger partial charge in [0.2, 0.25) is 0 Å². The molecule has 0 heterocycles. The van der Waals surface area contributed by atoms with Crippen molar-refractivity contribution < 1.29 is 28.6 Å². The van der Waals surface area contributed by atoms with Crippen molar-refractivity contribution in [2.45, 2.75) is 309 Å². The van der Waals surface area contributed by atoms with Crippen molar-refractivity contribution in [3.05, 3.63) is 60.8 Å². The number of carbonyl (C=O) groups is 3. The van der Waals surface area contributed by atoms with E-state index in [0.29, 0.717) is 19.3 Å². The largest absolute Gasteiger partial charge is 0.462 e. The molecule has 1 unspecified atom stereocenters. The Morgan fingerprint density at radius 3 is 0.855 bits per heavy atom. The van der Waals surface area contributed by atoms with Crippen LogP contribution in [0.2, 0.25) is 0 Å². The number of allylic oxidation sites excluding steroid dienone is 10. The van der Waals surface area contributed by atoms with Gasteiger partial charge in [0.1, 0.15) is 13.2 Å². The summed E-state index contributed by atoms with van der Waals surface area (Å²) in [6, 6.07) is 0. The summed E-state index contributed by atoms with van der Waals surface area (Å²) in [4.78, 5) is 38.1. The number of hydrogen-bond acceptors (Lipinski definition) is 6. The summed E-state index contributed by atoms with van der Waals surface area (Å²) < 4.78 is 16.9. The fraction of sp³-hybridized carbons (Fsp3) is 0.794. The lowest BCUT2D eigenvalue weighted by Gasteiger charge is -2.18. The third kappa shape index (κ3) is 55.9. The maximum atomic E-state index is 12.8. The van der Waals surface area contributed by atoms with E-state index in [-0.39, 0.29) is 31.1 Å². The summed E-state index contributed by atoms with van der Waals surface area (Å²) in [5.74, 6) is -0.897. The molecule has 0 saturated heterocycles. The third-order valence-electron chi connectivity index (χ3n) is 13.0. The summed E-state index contributed by atoms with van der Waals surface area (Å²) in [5.41, 5.74) is 0. The molecule has 0 bridgehead atoms. The minimum atomic E-state index is -0.785. The van der Waals surface area contributed by atoms with Gasteiger partial charge in [0.05, 0.1) is 0 Å². The van der Waals surface area contributed by atoms with Crippen LogP contribution in [-0.2, 0) is 28.6 Å². The van der Waals surface area contributed by atoms with Gasteiger partial charge >= 0.3 is 17.9 Å². The lowest BCUT2D eigenvalue weighted by atomic mass is 10.1. The van der Waals surface area contributed by atoms with Gasteiger partial charge in [0, 0.05) is 19.3 Å². The van der Waals surface area contributed by atoms with Gasteiger partial charge in [-0.15, -0.1) is 0 Å². The minimum absolute atomic E-state index is 0.0831. The SMILES string of the molecule is CCCCC/C=C\CCCCCCCC(=O)OCC(COC(=O)CCCCCCCCCC/C=C\C/C=C\C/C=C\CCCCCCC)OC(=O)CCCCCCC/C=C\CCCCCCCCC. The summed E-state index contributed by atoms with van der Waals surface area (Å²) in [6.45, 7) is 6.61. The van der Waals surface area contributed by atoms with Gasteiger partial charge in [-0.1, -0.05) is 236 Å². The van der Waals surface area contributed by atoms with Gasteiger partial charge in [-0.3, -0.25) is 14.4 Å². The fourth-order valence-electron chi connectivity index (χ4n) is 8.44. The molecule has 0 aromatic rings. The molecule has 0 aliphatic heterocycles. The van der Waals surface area contributed by atoms with Crippen molar-refractivity contribution in [2.75, 3.05) is 13.2 Å². The highest BCUT2D eigenvalue weighted by Crippen LogP contribution is 2.15. The van der Waals surface area contributed by atoms with Crippen LogP contribution in [0.25, 0.3) is 0 Å². The average molecular weight is 966 g/mol. The van der Waals surface area contributed by atoms with Crippen LogP contribution in [0.4, 0.5) is 0 Å². The van der Waals surface area contributed by atoms with E-state index in [4.69, 9.17) is 14.2 Å². The quantitative estimate of drug-likeness (QED) is 0.0262. The van der Waals surface area contributed by atoms with Crippen molar-refractivity contribution in [1.82, 2.24) is 0 Å². The maximum Gasteiger partial charge on any atom is 0.306 e. The van der Waals surface area contributed by atoms with Crippen LogP contribution < -0.4 is 0 Å². The highest BCUT2D eigenvalue weighted by Gasteiger charge is 2.19. The van der Waals surface area contributed by atoms with Crippen molar-refractivity contribution in [1.29, 1.82) is 0 Å². The number of rotatable bonds is 54. The smallest absolute Gasteiger partial charge is 0.306 e. The molecule has 1 atom stereocenters. The molecule has 0 aromatic carbocycles. The van der Waals surface area contributed by atoms with E-state index in [1.165, 1.54) is 167 Å². The summed E-state index contributed by atoms with van der Waals surface area (Å²) in [6.07, 6.45) is 72.1. The molecule has 69 heavy (non-hydrogen) atoms. The van der Waals surface area contributed by atoms with Crippen LogP contribution in [-0.4, -0.2) is 37.2 Å². The molecule has 0 saturated carbocycles. The zero-order chi connectivity index (χ0) is 50.0. The van der Waals surface area contributed by atoms with Crippen LogP contribution in [0.3, 0.4) is 0 Å². The van der Waals surface area contributed by atoms with Crippen LogP contribution in [0.5, 0.6) is 0 Å². The summed E-state index contributed by atoms with van der Waals surface area (Å²) >= 11 is 0. The molecular weight excluding hydrogens is 853 g/mol. The van der Waals surface area contributed by atoms with Crippen LogP contribution in [0.15, 0.2) is 60.8 Å². The molecule has 0 aliphatic rings. The van der Waals surface area contributed by atoms with Crippen LogP contribution in [0.1, 0.15) is 303 Å². The Balaban J connectivity index is 4.33. The van der Waals surface area contributed by atoms with Gasteiger partial charge in [-0.05, 0) is 109 Å². The van der Waals surface area contributed by atoms with Gasteiger partial charge in [-0.25, -0.2) is 0 Å². The van der Waals surface area contributed by atoms with E-state index in [9.17, 15) is 14.4 Å². The van der Waals surface area contributed by atoms with Gasteiger partial charge in [-0.2, -0.15) is 0 Å². The predicted molar refractivity (Wildman–Crippen MR) is 298 cm³/mol. The zero-order valence-corrected chi connectivity index (χ0v) is 45.8. The Bertz CT molecular complexity index is 1250. The number of hydrogen-bond donors (Lipinski definition) is 0. The van der Waals surface area contributed by atoms with Crippen molar-refractivity contribution >= 4 is 17.9 Å². The average Bonchev–Trinajstić information content (AvgIpc) is 3.35. The minimum Gasteiger partial charge on any atom is -0.462 e. The molecule has 0 fully saturated rings. The van der Waals surface area contributed by atoms with E-state index in [1.54, 1.807) is 0 Å². The van der Waals surface area contributed by atoms with E-state index >= 15 is 0 Å². The first-order valence-electron chi connectivity index (χ1n) is 29.8. The number of ether oxygens (including phenoxy) is 3. The highest BCUT2D eigenvalue weighted by atomic mass is 16.6. The Labute approximate surface area is 428 Å². The van der Waals surface area contributed by atoms with Gasteiger partial charge in [0.15, 0.2) is 6.10 Å². The third-order valence-corrected chi connectivity index (χ3v) is 13.0. The monoisotopic (exact) mass is 965 g/mol. The van der Waals surface area contributed by atoms with E-state index in [2.05, 4.69) is 81.5 Å². The predicted octanol–water partition coefficient (Wildman–Crippen LogP) is 20.0. The molecular formula is C63H112O6. The molecule has 0 aliphatic carbocycles. The van der Waals surface area contributed by atoms with Crippen molar-refractivity contribution in [3.63, 3.8) is 0 Å². The molecule has 0 aromatic heterocycles. The van der Waals surface area contributed by atoms with E-state index in [1.807, 2.05) is 0 Å². The van der Waals surface area contributed by atoms with Gasteiger partial charge < -0.3 is 14.2 Å². The van der Waals surface area contributed by atoms with E-state index < -0.39 is 6.10 Å².